The summed E-state index contributed by atoms with van der Waals surface area (Å²) in [6.07, 6.45) is -4.61. The van der Waals surface area contributed by atoms with Crippen molar-refractivity contribution < 1.29 is 27.5 Å². The molecule has 0 atom stereocenters. The fourth-order valence-electron chi connectivity index (χ4n) is 2.99. The number of alkyl halides is 3. The molecule has 1 aliphatic heterocycles. The second-order valence-electron chi connectivity index (χ2n) is 6.48. The lowest BCUT2D eigenvalue weighted by molar-refractivity contribution is -0.136. The second kappa shape index (κ2) is 8.85. The number of benzene rings is 2. The van der Waals surface area contributed by atoms with Gasteiger partial charge in [-0.05, 0) is 30.7 Å². The number of carbonyl (C=O) groups is 2. The highest BCUT2D eigenvalue weighted by Crippen LogP contribution is 2.34. The molecule has 1 aliphatic rings. The highest BCUT2D eigenvalue weighted by molar-refractivity contribution is 5.90. The Kier molecular flexibility index (Phi) is 6.26. The van der Waals surface area contributed by atoms with Gasteiger partial charge in [0.1, 0.15) is 5.75 Å². The SMILES string of the molecule is O=C(Nc1ccccc1C(F)(F)F)N1CCCN(C(=O)Oc2ccccc2)CC1. The normalized spacial score (nSPS) is 14.9. The van der Waals surface area contributed by atoms with Gasteiger partial charge in [-0.3, -0.25) is 0 Å². The predicted octanol–water partition coefficient (Wildman–Crippen LogP) is 4.44. The van der Waals surface area contributed by atoms with E-state index in [1.807, 2.05) is 0 Å². The van der Waals surface area contributed by atoms with Crippen LogP contribution in [0.3, 0.4) is 0 Å². The van der Waals surface area contributed by atoms with Gasteiger partial charge in [0.05, 0.1) is 11.3 Å². The fourth-order valence-corrected chi connectivity index (χ4v) is 2.99. The van der Waals surface area contributed by atoms with Crippen molar-refractivity contribution >= 4 is 17.8 Å². The number of para-hydroxylation sites is 2. The van der Waals surface area contributed by atoms with Crippen molar-refractivity contribution in [1.82, 2.24) is 9.80 Å². The molecule has 29 heavy (non-hydrogen) atoms. The van der Waals surface area contributed by atoms with E-state index in [1.165, 1.54) is 28.0 Å². The average molecular weight is 407 g/mol. The third-order valence-corrected chi connectivity index (χ3v) is 4.46. The van der Waals surface area contributed by atoms with E-state index in [0.717, 1.165) is 6.07 Å². The van der Waals surface area contributed by atoms with Crippen LogP contribution in [0.4, 0.5) is 28.4 Å². The summed E-state index contributed by atoms with van der Waals surface area (Å²) in [5, 5.41) is 2.33. The molecule has 0 radical (unpaired) electrons. The monoisotopic (exact) mass is 407 g/mol. The first-order valence-corrected chi connectivity index (χ1v) is 9.08. The number of hydrogen-bond acceptors (Lipinski definition) is 3. The third kappa shape index (κ3) is 5.40. The zero-order valence-electron chi connectivity index (χ0n) is 15.5. The molecule has 6 nitrogen and oxygen atoms in total. The highest BCUT2D eigenvalue weighted by Gasteiger charge is 2.34. The molecule has 1 fully saturated rings. The number of nitrogens with one attached hydrogen (secondary N) is 1. The van der Waals surface area contributed by atoms with Gasteiger partial charge in [0.25, 0.3) is 0 Å². The van der Waals surface area contributed by atoms with Gasteiger partial charge in [0.2, 0.25) is 0 Å². The number of halogens is 3. The fraction of sp³-hybridized carbons (Fsp3) is 0.300. The summed E-state index contributed by atoms with van der Waals surface area (Å²) >= 11 is 0. The standard InChI is InChI=1S/C20H20F3N3O3/c21-20(22,23)16-9-4-5-10-17(16)24-18(27)25-11-6-12-26(14-13-25)19(28)29-15-7-2-1-3-8-15/h1-5,7-10H,6,11-14H2,(H,24,27). The average Bonchev–Trinajstić information content (AvgIpc) is 2.95. The van der Waals surface area contributed by atoms with E-state index in [9.17, 15) is 22.8 Å². The highest BCUT2D eigenvalue weighted by atomic mass is 19.4. The van der Waals surface area contributed by atoms with Gasteiger partial charge >= 0.3 is 18.3 Å². The first kappa shape index (κ1) is 20.5. The van der Waals surface area contributed by atoms with Crippen LogP contribution in [0.1, 0.15) is 12.0 Å². The lowest BCUT2D eigenvalue weighted by Crippen LogP contribution is -2.40. The van der Waals surface area contributed by atoms with E-state index in [-0.39, 0.29) is 18.8 Å². The largest absolute Gasteiger partial charge is 0.418 e. The van der Waals surface area contributed by atoms with E-state index >= 15 is 0 Å². The van der Waals surface area contributed by atoms with Crippen LogP contribution >= 0.6 is 0 Å². The third-order valence-electron chi connectivity index (χ3n) is 4.46. The molecular formula is C20H20F3N3O3. The van der Waals surface area contributed by atoms with Crippen LogP contribution < -0.4 is 10.1 Å². The molecule has 1 heterocycles. The number of urea groups is 1. The van der Waals surface area contributed by atoms with Crippen molar-refractivity contribution in [3.8, 4) is 5.75 Å². The predicted molar refractivity (Wildman–Crippen MR) is 101 cm³/mol. The maximum atomic E-state index is 13.1. The molecule has 2 aromatic carbocycles. The van der Waals surface area contributed by atoms with Crippen LogP contribution in [0, 0.1) is 0 Å². The summed E-state index contributed by atoms with van der Waals surface area (Å²) in [5.74, 6) is 0.417. The molecule has 9 heteroatoms. The summed E-state index contributed by atoms with van der Waals surface area (Å²) in [5.41, 5.74) is -1.20. The number of carbonyl (C=O) groups excluding carboxylic acids is 2. The maximum Gasteiger partial charge on any atom is 0.418 e. The summed E-state index contributed by atoms with van der Waals surface area (Å²) in [6, 6.07) is 12.8. The van der Waals surface area contributed by atoms with Crippen molar-refractivity contribution in [3.05, 3.63) is 60.2 Å². The van der Waals surface area contributed by atoms with Gasteiger partial charge in [0, 0.05) is 26.2 Å². The number of hydrogen-bond donors (Lipinski definition) is 1. The summed E-state index contributed by atoms with van der Waals surface area (Å²) in [4.78, 5) is 27.7. The van der Waals surface area contributed by atoms with Gasteiger partial charge < -0.3 is 19.9 Å². The Morgan fingerprint density at radius 2 is 1.48 bits per heavy atom. The first-order chi connectivity index (χ1) is 13.8. The number of ether oxygens (including phenoxy) is 1. The van der Waals surface area contributed by atoms with Gasteiger partial charge in [-0.2, -0.15) is 13.2 Å². The van der Waals surface area contributed by atoms with Gasteiger partial charge in [-0.1, -0.05) is 30.3 Å². The van der Waals surface area contributed by atoms with Crippen molar-refractivity contribution in [1.29, 1.82) is 0 Å². The number of nitrogens with zero attached hydrogens (tertiary/aromatic N) is 2. The minimum Gasteiger partial charge on any atom is -0.410 e. The molecule has 1 N–H and O–H groups in total. The molecule has 3 amide bonds. The molecular weight excluding hydrogens is 387 g/mol. The van der Waals surface area contributed by atoms with Crippen LogP contribution in [0.2, 0.25) is 0 Å². The molecule has 0 spiro atoms. The lowest BCUT2D eigenvalue weighted by atomic mass is 10.1. The first-order valence-electron chi connectivity index (χ1n) is 9.08. The number of rotatable bonds is 2. The second-order valence-corrected chi connectivity index (χ2v) is 6.48. The number of amides is 3. The van der Waals surface area contributed by atoms with E-state index in [2.05, 4.69) is 5.32 Å². The Hall–Kier alpha value is -3.23. The molecule has 0 bridgehead atoms. The molecule has 0 aromatic heterocycles. The Balaban J connectivity index is 1.60. The molecule has 154 valence electrons. The Labute approximate surface area is 165 Å². The van der Waals surface area contributed by atoms with E-state index in [0.29, 0.717) is 25.3 Å². The van der Waals surface area contributed by atoms with Crippen molar-refractivity contribution in [3.63, 3.8) is 0 Å². The molecule has 2 aromatic rings. The van der Waals surface area contributed by atoms with E-state index < -0.39 is 23.9 Å². The Morgan fingerprint density at radius 3 is 2.21 bits per heavy atom. The maximum absolute atomic E-state index is 13.1. The quantitative estimate of drug-likeness (QED) is 0.801. The van der Waals surface area contributed by atoms with Crippen molar-refractivity contribution in [2.24, 2.45) is 0 Å². The van der Waals surface area contributed by atoms with Crippen LogP contribution in [0.5, 0.6) is 5.75 Å². The molecule has 0 aliphatic carbocycles. The van der Waals surface area contributed by atoms with Gasteiger partial charge in [-0.25, -0.2) is 9.59 Å². The zero-order chi connectivity index (χ0) is 20.9. The summed E-state index contributed by atoms with van der Waals surface area (Å²) in [7, 11) is 0. The molecule has 0 unspecified atom stereocenters. The minimum absolute atomic E-state index is 0.184. The van der Waals surface area contributed by atoms with Crippen molar-refractivity contribution in [2.45, 2.75) is 12.6 Å². The summed E-state index contributed by atoms with van der Waals surface area (Å²) in [6.45, 7) is 1.10. The van der Waals surface area contributed by atoms with Crippen molar-refractivity contribution in [2.75, 3.05) is 31.5 Å². The lowest BCUT2D eigenvalue weighted by Gasteiger charge is -2.23. The number of anilines is 1. The van der Waals surface area contributed by atoms with Gasteiger partial charge in [-0.15, -0.1) is 0 Å². The van der Waals surface area contributed by atoms with Crippen LogP contribution in [0.25, 0.3) is 0 Å². The van der Waals surface area contributed by atoms with Gasteiger partial charge in [0.15, 0.2) is 0 Å². The van der Waals surface area contributed by atoms with Crippen LogP contribution in [-0.4, -0.2) is 48.1 Å². The molecule has 0 saturated carbocycles. The zero-order valence-corrected chi connectivity index (χ0v) is 15.5. The minimum atomic E-state index is -4.57. The molecule has 1 saturated heterocycles. The molecule has 3 rings (SSSR count). The smallest absolute Gasteiger partial charge is 0.410 e. The Bertz CT molecular complexity index is 859. The Morgan fingerprint density at radius 1 is 0.862 bits per heavy atom. The van der Waals surface area contributed by atoms with Crippen LogP contribution in [-0.2, 0) is 6.18 Å². The summed E-state index contributed by atoms with van der Waals surface area (Å²) < 4.78 is 44.6. The van der Waals surface area contributed by atoms with Crippen LogP contribution in [0.15, 0.2) is 54.6 Å². The van der Waals surface area contributed by atoms with E-state index in [1.54, 1.807) is 30.3 Å². The van der Waals surface area contributed by atoms with E-state index in [4.69, 9.17) is 4.74 Å². The topological polar surface area (TPSA) is 61.9 Å².